The normalized spacial score (nSPS) is 11.1. The minimum absolute atomic E-state index is 0.137. The number of halogens is 3. The van der Waals surface area contributed by atoms with Crippen molar-refractivity contribution in [3.8, 4) is 5.88 Å². The van der Waals surface area contributed by atoms with Crippen LogP contribution in [-0.2, 0) is 11.3 Å². The van der Waals surface area contributed by atoms with Crippen LogP contribution in [0, 0.1) is 0 Å². The summed E-state index contributed by atoms with van der Waals surface area (Å²) in [5.74, 6) is -0.137. The molecule has 0 radical (unpaired) electrons. The number of amides is 1. The SMILES string of the molecule is CCCCOC(=O)N(C)Cc1ccnc(OCC(F)(F)F)c1. The molecule has 0 aromatic carbocycles. The number of hydrogen-bond acceptors (Lipinski definition) is 4. The molecule has 0 atom stereocenters. The zero-order valence-corrected chi connectivity index (χ0v) is 12.5. The maximum Gasteiger partial charge on any atom is 0.422 e. The Morgan fingerprint density at radius 1 is 1.41 bits per heavy atom. The molecule has 1 amide bonds. The number of ether oxygens (including phenoxy) is 2. The van der Waals surface area contributed by atoms with Crippen molar-refractivity contribution in [1.29, 1.82) is 0 Å². The van der Waals surface area contributed by atoms with Gasteiger partial charge in [-0.2, -0.15) is 13.2 Å². The van der Waals surface area contributed by atoms with E-state index in [0.29, 0.717) is 12.2 Å². The van der Waals surface area contributed by atoms with E-state index in [0.717, 1.165) is 12.8 Å². The third-order valence-corrected chi connectivity index (χ3v) is 2.64. The lowest BCUT2D eigenvalue weighted by Gasteiger charge is -2.17. The van der Waals surface area contributed by atoms with Gasteiger partial charge in [0.25, 0.3) is 0 Å². The highest BCUT2D eigenvalue weighted by molar-refractivity contribution is 5.67. The van der Waals surface area contributed by atoms with Crippen molar-refractivity contribution in [2.45, 2.75) is 32.5 Å². The Labute approximate surface area is 127 Å². The lowest BCUT2D eigenvalue weighted by molar-refractivity contribution is -0.154. The van der Waals surface area contributed by atoms with Crippen LogP contribution in [0.1, 0.15) is 25.3 Å². The third kappa shape index (κ3) is 7.14. The number of aromatic nitrogens is 1. The Kier molecular flexibility index (Phi) is 6.94. The number of unbranched alkanes of at least 4 members (excludes halogenated alkanes) is 1. The predicted molar refractivity (Wildman–Crippen MR) is 73.5 cm³/mol. The molecule has 1 aromatic heterocycles. The molecule has 1 rings (SSSR count). The number of hydrogen-bond donors (Lipinski definition) is 0. The molecule has 0 aliphatic rings. The van der Waals surface area contributed by atoms with Crippen LogP contribution in [0.3, 0.4) is 0 Å². The molecular formula is C14H19F3N2O3. The molecule has 0 N–H and O–H groups in total. The van der Waals surface area contributed by atoms with Crippen molar-refractivity contribution in [3.63, 3.8) is 0 Å². The van der Waals surface area contributed by atoms with Gasteiger partial charge in [0.05, 0.1) is 6.61 Å². The molecule has 5 nitrogen and oxygen atoms in total. The summed E-state index contributed by atoms with van der Waals surface area (Å²) in [5, 5.41) is 0. The molecule has 124 valence electrons. The van der Waals surface area contributed by atoms with Crippen LogP contribution in [0.5, 0.6) is 5.88 Å². The summed E-state index contributed by atoms with van der Waals surface area (Å²) in [6.07, 6.45) is -1.87. The molecule has 0 saturated carbocycles. The second-order valence-corrected chi connectivity index (χ2v) is 4.73. The van der Waals surface area contributed by atoms with Gasteiger partial charge in [-0.25, -0.2) is 9.78 Å². The fourth-order valence-electron chi connectivity index (χ4n) is 1.54. The second kappa shape index (κ2) is 8.45. The molecule has 22 heavy (non-hydrogen) atoms. The average Bonchev–Trinajstić information content (AvgIpc) is 2.45. The molecule has 0 unspecified atom stereocenters. The van der Waals surface area contributed by atoms with Crippen LogP contribution in [-0.4, -0.2) is 42.4 Å². The Hall–Kier alpha value is -1.99. The fourth-order valence-corrected chi connectivity index (χ4v) is 1.54. The molecule has 0 aliphatic carbocycles. The second-order valence-electron chi connectivity index (χ2n) is 4.73. The first kappa shape index (κ1) is 18.1. The van der Waals surface area contributed by atoms with Crippen LogP contribution in [0.15, 0.2) is 18.3 Å². The van der Waals surface area contributed by atoms with E-state index in [9.17, 15) is 18.0 Å². The Bertz CT molecular complexity index is 481. The van der Waals surface area contributed by atoms with Crippen molar-refractivity contribution >= 4 is 6.09 Å². The maximum absolute atomic E-state index is 12.1. The van der Waals surface area contributed by atoms with Gasteiger partial charge in [-0.3, -0.25) is 0 Å². The molecule has 0 fully saturated rings. The van der Waals surface area contributed by atoms with Crippen LogP contribution in [0.4, 0.5) is 18.0 Å². The van der Waals surface area contributed by atoms with E-state index in [1.54, 1.807) is 13.1 Å². The summed E-state index contributed by atoms with van der Waals surface area (Å²) in [5.41, 5.74) is 0.599. The zero-order chi connectivity index (χ0) is 16.6. The van der Waals surface area contributed by atoms with E-state index < -0.39 is 18.9 Å². The summed E-state index contributed by atoms with van der Waals surface area (Å²) in [6.45, 7) is 1.11. The van der Waals surface area contributed by atoms with Gasteiger partial charge in [-0.1, -0.05) is 13.3 Å². The molecule has 1 aromatic rings. The molecular weight excluding hydrogens is 301 g/mol. The van der Waals surface area contributed by atoms with Gasteiger partial charge in [-0.15, -0.1) is 0 Å². The van der Waals surface area contributed by atoms with Crippen LogP contribution in [0.2, 0.25) is 0 Å². The van der Waals surface area contributed by atoms with E-state index in [1.165, 1.54) is 17.2 Å². The number of pyridine rings is 1. The van der Waals surface area contributed by atoms with Gasteiger partial charge in [-0.05, 0) is 18.1 Å². The highest BCUT2D eigenvalue weighted by Gasteiger charge is 2.28. The van der Waals surface area contributed by atoms with E-state index >= 15 is 0 Å². The molecule has 1 heterocycles. The van der Waals surface area contributed by atoms with Crippen molar-refractivity contribution in [1.82, 2.24) is 9.88 Å². The van der Waals surface area contributed by atoms with E-state index in [1.807, 2.05) is 6.92 Å². The van der Waals surface area contributed by atoms with E-state index in [4.69, 9.17) is 4.74 Å². The van der Waals surface area contributed by atoms with Gasteiger partial charge in [0.1, 0.15) is 0 Å². The number of carbonyl (C=O) groups excluding carboxylic acids is 1. The zero-order valence-electron chi connectivity index (χ0n) is 12.5. The Morgan fingerprint density at radius 2 is 2.14 bits per heavy atom. The quantitative estimate of drug-likeness (QED) is 0.723. The van der Waals surface area contributed by atoms with Crippen LogP contribution in [0.25, 0.3) is 0 Å². The summed E-state index contributed by atoms with van der Waals surface area (Å²) in [4.78, 5) is 16.7. The van der Waals surface area contributed by atoms with Gasteiger partial charge in [0, 0.05) is 25.9 Å². The minimum atomic E-state index is -4.42. The van der Waals surface area contributed by atoms with E-state index in [-0.39, 0.29) is 12.4 Å². The molecule has 8 heteroatoms. The largest absolute Gasteiger partial charge is 0.468 e. The van der Waals surface area contributed by atoms with Gasteiger partial charge in [0.2, 0.25) is 5.88 Å². The lowest BCUT2D eigenvalue weighted by atomic mass is 10.2. The summed E-state index contributed by atoms with van der Waals surface area (Å²) >= 11 is 0. The van der Waals surface area contributed by atoms with Gasteiger partial charge >= 0.3 is 12.3 Å². The number of nitrogens with zero attached hydrogens (tertiary/aromatic N) is 2. The number of rotatable bonds is 7. The molecule has 0 aliphatic heterocycles. The third-order valence-electron chi connectivity index (χ3n) is 2.64. The molecule has 0 spiro atoms. The standard InChI is InChI=1S/C14H19F3N2O3/c1-3-4-7-21-13(20)19(2)9-11-5-6-18-12(8-11)22-10-14(15,16)17/h5-6,8H,3-4,7,9-10H2,1-2H3. The van der Waals surface area contributed by atoms with Crippen LogP contribution >= 0.6 is 0 Å². The van der Waals surface area contributed by atoms with Crippen molar-refractivity contribution in [2.75, 3.05) is 20.3 Å². The summed E-state index contributed by atoms with van der Waals surface area (Å²) < 4.78 is 45.8. The Morgan fingerprint density at radius 3 is 2.77 bits per heavy atom. The monoisotopic (exact) mass is 320 g/mol. The highest BCUT2D eigenvalue weighted by Crippen LogP contribution is 2.18. The smallest absolute Gasteiger partial charge is 0.422 e. The van der Waals surface area contributed by atoms with Crippen LogP contribution < -0.4 is 4.74 Å². The summed E-state index contributed by atoms with van der Waals surface area (Å²) in [6, 6.07) is 2.96. The first-order valence-corrected chi connectivity index (χ1v) is 6.84. The number of carbonyl (C=O) groups is 1. The fraction of sp³-hybridized carbons (Fsp3) is 0.571. The topological polar surface area (TPSA) is 51.7 Å². The molecule has 0 bridgehead atoms. The Balaban J connectivity index is 2.53. The first-order chi connectivity index (χ1) is 10.3. The highest BCUT2D eigenvalue weighted by atomic mass is 19.4. The summed E-state index contributed by atoms with van der Waals surface area (Å²) in [7, 11) is 1.55. The minimum Gasteiger partial charge on any atom is -0.468 e. The van der Waals surface area contributed by atoms with E-state index in [2.05, 4.69) is 9.72 Å². The number of alkyl halides is 3. The van der Waals surface area contributed by atoms with Crippen molar-refractivity contribution in [2.24, 2.45) is 0 Å². The van der Waals surface area contributed by atoms with Gasteiger partial charge in [0.15, 0.2) is 6.61 Å². The predicted octanol–water partition coefficient (Wildman–Crippen LogP) is 3.39. The average molecular weight is 320 g/mol. The lowest BCUT2D eigenvalue weighted by Crippen LogP contribution is -2.27. The first-order valence-electron chi connectivity index (χ1n) is 6.84. The maximum atomic E-state index is 12.1. The van der Waals surface area contributed by atoms with Crippen molar-refractivity contribution in [3.05, 3.63) is 23.9 Å². The molecule has 0 saturated heterocycles. The van der Waals surface area contributed by atoms with Gasteiger partial charge < -0.3 is 14.4 Å². The van der Waals surface area contributed by atoms with Crippen molar-refractivity contribution < 1.29 is 27.4 Å².